The van der Waals surface area contributed by atoms with Gasteiger partial charge >= 0.3 is 0 Å². The van der Waals surface area contributed by atoms with Crippen LogP contribution < -0.4 is 11.1 Å². The highest BCUT2D eigenvalue weighted by Crippen LogP contribution is 2.15. The van der Waals surface area contributed by atoms with Crippen LogP contribution >= 0.6 is 23.6 Å². The summed E-state index contributed by atoms with van der Waals surface area (Å²) in [6, 6.07) is 0. The Bertz CT molecular complexity index is 359. The van der Waals surface area contributed by atoms with E-state index in [4.69, 9.17) is 18.0 Å². The van der Waals surface area contributed by atoms with Crippen LogP contribution in [-0.4, -0.2) is 15.9 Å². The van der Waals surface area contributed by atoms with E-state index in [1.54, 1.807) is 20.0 Å². The highest BCUT2D eigenvalue weighted by Gasteiger charge is 2.30. The predicted molar refractivity (Wildman–Crippen MR) is 64.5 cm³/mol. The van der Waals surface area contributed by atoms with Gasteiger partial charge < -0.3 is 11.1 Å². The molecule has 0 bridgehead atoms. The van der Waals surface area contributed by atoms with Crippen molar-refractivity contribution in [2.24, 2.45) is 11.1 Å². The van der Waals surface area contributed by atoms with Crippen LogP contribution in [0.15, 0.2) is 11.6 Å². The van der Waals surface area contributed by atoms with E-state index in [1.165, 1.54) is 11.3 Å². The van der Waals surface area contributed by atoms with Crippen molar-refractivity contribution in [3.63, 3.8) is 0 Å². The molecule has 3 N–H and O–H groups in total. The molecule has 1 aromatic rings. The summed E-state index contributed by atoms with van der Waals surface area (Å²) in [5.74, 6) is -0.176. The molecule has 0 saturated heterocycles. The Morgan fingerprint density at radius 3 is 2.87 bits per heavy atom. The van der Waals surface area contributed by atoms with Gasteiger partial charge in [-0.15, -0.1) is 11.3 Å². The molecule has 4 nitrogen and oxygen atoms in total. The highest BCUT2D eigenvalue weighted by atomic mass is 32.1. The number of hydrogen-bond donors (Lipinski definition) is 2. The van der Waals surface area contributed by atoms with E-state index in [0.29, 0.717) is 6.54 Å². The lowest BCUT2D eigenvalue weighted by Gasteiger charge is -2.21. The van der Waals surface area contributed by atoms with E-state index in [2.05, 4.69) is 10.3 Å². The number of hydrogen-bond acceptors (Lipinski definition) is 4. The molecule has 0 aromatic carbocycles. The van der Waals surface area contributed by atoms with Crippen molar-refractivity contribution in [3.8, 4) is 0 Å². The second kappa shape index (κ2) is 4.67. The Morgan fingerprint density at radius 1 is 1.73 bits per heavy atom. The molecule has 0 aliphatic rings. The van der Waals surface area contributed by atoms with Gasteiger partial charge in [-0.3, -0.25) is 4.79 Å². The van der Waals surface area contributed by atoms with Gasteiger partial charge in [0, 0.05) is 11.6 Å². The van der Waals surface area contributed by atoms with E-state index in [1.807, 2.05) is 5.38 Å². The predicted octanol–water partition coefficient (Wildman–Crippen LogP) is 1.07. The maximum atomic E-state index is 11.7. The molecule has 1 rings (SSSR count). The van der Waals surface area contributed by atoms with Crippen LogP contribution in [0.4, 0.5) is 0 Å². The largest absolute Gasteiger partial charge is 0.392 e. The topological polar surface area (TPSA) is 68.0 Å². The van der Waals surface area contributed by atoms with Gasteiger partial charge in [0.2, 0.25) is 5.91 Å². The fraction of sp³-hybridized carbons (Fsp3) is 0.444. The summed E-state index contributed by atoms with van der Waals surface area (Å²) in [5, 5.41) is 5.47. The van der Waals surface area contributed by atoms with Crippen LogP contribution in [0.25, 0.3) is 0 Å². The maximum Gasteiger partial charge on any atom is 0.232 e. The zero-order valence-electron chi connectivity index (χ0n) is 8.61. The van der Waals surface area contributed by atoms with E-state index in [-0.39, 0.29) is 10.9 Å². The number of carbonyl (C=O) groups excluding carboxylic acids is 1. The average Bonchev–Trinajstić information content (AvgIpc) is 2.66. The molecule has 1 aromatic heterocycles. The van der Waals surface area contributed by atoms with E-state index >= 15 is 0 Å². The van der Waals surface area contributed by atoms with E-state index < -0.39 is 5.41 Å². The monoisotopic (exact) mass is 243 g/mol. The molecule has 0 unspecified atom stereocenters. The van der Waals surface area contributed by atoms with E-state index in [0.717, 1.165) is 5.01 Å². The molecule has 0 atom stereocenters. The zero-order chi connectivity index (χ0) is 11.5. The average molecular weight is 243 g/mol. The number of aromatic nitrogens is 1. The standard InChI is InChI=1S/C9H13N3OS2/c1-9(2,7(10)14)8(13)12-5-6-11-3-4-15-6/h3-4H,5H2,1-2H3,(H2,10,14)(H,12,13). The number of rotatable bonds is 4. The van der Waals surface area contributed by atoms with Gasteiger partial charge in [0.15, 0.2) is 0 Å². The molecule has 1 amide bonds. The van der Waals surface area contributed by atoms with Gasteiger partial charge in [0.05, 0.1) is 16.9 Å². The number of nitrogens with one attached hydrogen (secondary N) is 1. The van der Waals surface area contributed by atoms with Crippen molar-refractivity contribution < 1.29 is 4.79 Å². The molecule has 0 radical (unpaired) electrons. The molecule has 0 aliphatic carbocycles. The van der Waals surface area contributed by atoms with Gasteiger partial charge in [-0.2, -0.15) is 0 Å². The van der Waals surface area contributed by atoms with Crippen LogP contribution in [0.1, 0.15) is 18.9 Å². The second-order valence-electron chi connectivity index (χ2n) is 3.60. The summed E-state index contributed by atoms with van der Waals surface area (Å²) in [6.45, 7) is 3.82. The fourth-order valence-electron chi connectivity index (χ4n) is 0.829. The molecule has 6 heteroatoms. The summed E-state index contributed by atoms with van der Waals surface area (Å²) < 4.78 is 0. The van der Waals surface area contributed by atoms with Crippen molar-refractivity contribution in [3.05, 3.63) is 16.6 Å². The summed E-state index contributed by atoms with van der Waals surface area (Å²) >= 11 is 6.32. The number of carbonyl (C=O) groups is 1. The molecule has 82 valence electrons. The SMILES string of the molecule is CC(C)(C(=O)NCc1nccs1)C(N)=S. The quantitative estimate of drug-likeness (QED) is 0.776. The summed E-state index contributed by atoms with van der Waals surface area (Å²) in [6.07, 6.45) is 1.70. The van der Waals surface area contributed by atoms with Gasteiger partial charge in [-0.25, -0.2) is 4.98 Å². The molecule has 0 aliphatic heterocycles. The zero-order valence-corrected chi connectivity index (χ0v) is 10.2. The lowest BCUT2D eigenvalue weighted by atomic mass is 9.92. The lowest BCUT2D eigenvalue weighted by Crippen LogP contribution is -2.44. The third-order valence-corrected chi connectivity index (χ3v) is 3.36. The van der Waals surface area contributed by atoms with Gasteiger partial charge in [0.25, 0.3) is 0 Å². The lowest BCUT2D eigenvalue weighted by molar-refractivity contribution is -0.126. The number of thiocarbonyl (C=S) groups is 1. The third-order valence-electron chi connectivity index (χ3n) is 2.07. The summed E-state index contributed by atoms with van der Waals surface area (Å²) in [7, 11) is 0. The Kier molecular flexibility index (Phi) is 3.76. The minimum Gasteiger partial charge on any atom is -0.392 e. The van der Waals surface area contributed by atoms with Crippen LogP contribution in [0.3, 0.4) is 0 Å². The minimum absolute atomic E-state index is 0.176. The molecule has 15 heavy (non-hydrogen) atoms. The molecule has 0 saturated carbocycles. The molecule has 0 spiro atoms. The normalized spacial score (nSPS) is 11.1. The van der Waals surface area contributed by atoms with Gasteiger partial charge in [-0.05, 0) is 13.8 Å². The van der Waals surface area contributed by atoms with Crippen molar-refractivity contribution >= 4 is 34.5 Å². The van der Waals surface area contributed by atoms with Crippen molar-refractivity contribution in [1.29, 1.82) is 0 Å². The Hall–Kier alpha value is -1.01. The van der Waals surface area contributed by atoms with E-state index in [9.17, 15) is 4.79 Å². The third kappa shape index (κ3) is 2.97. The first-order valence-electron chi connectivity index (χ1n) is 4.41. The molecule has 1 heterocycles. The number of nitrogens with zero attached hydrogens (tertiary/aromatic N) is 1. The first-order valence-corrected chi connectivity index (χ1v) is 5.70. The molecular formula is C9H13N3OS2. The molecular weight excluding hydrogens is 230 g/mol. The number of amides is 1. The Balaban J connectivity index is 2.53. The van der Waals surface area contributed by atoms with Crippen LogP contribution in [0.2, 0.25) is 0 Å². The van der Waals surface area contributed by atoms with Crippen molar-refractivity contribution in [2.45, 2.75) is 20.4 Å². The first kappa shape index (κ1) is 12.1. The minimum atomic E-state index is -0.813. The fourth-order valence-corrected chi connectivity index (χ4v) is 1.48. The van der Waals surface area contributed by atoms with Crippen molar-refractivity contribution in [2.75, 3.05) is 0 Å². The van der Waals surface area contributed by atoms with Gasteiger partial charge in [-0.1, -0.05) is 12.2 Å². The first-order chi connectivity index (χ1) is 6.94. The Labute approximate surface area is 97.9 Å². The second-order valence-corrected chi connectivity index (χ2v) is 5.02. The van der Waals surface area contributed by atoms with Crippen LogP contribution in [0.5, 0.6) is 0 Å². The highest BCUT2D eigenvalue weighted by molar-refractivity contribution is 7.80. The smallest absolute Gasteiger partial charge is 0.232 e. The Morgan fingerprint density at radius 2 is 2.40 bits per heavy atom. The molecule has 0 fully saturated rings. The maximum absolute atomic E-state index is 11.7. The summed E-state index contributed by atoms with van der Waals surface area (Å²) in [5.41, 5.74) is 4.66. The van der Waals surface area contributed by atoms with Gasteiger partial charge in [0.1, 0.15) is 5.01 Å². The number of thiazole rings is 1. The van der Waals surface area contributed by atoms with Crippen LogP contribution in [-0.2, 0) is 11.3 Å². The van der Waals surface area contributed by atoms with Crippen LogP contribution in [0, 0.1) is 5.41 Å². The number of nitrogens with two attached hydrogens (primary N) is 1. The summed E-state index contributed by atoms with van der Waals surface area (Å²) in [4.78, 5) is 15.9. The van der Waals surface area contributed by atoms with Crippen molar-refractivity contribution in [1.82, 2.24) is 10.3 Å².